The van der Waals surface area contributed by atoms with Crippen LogP contribution in [0.1, 0.15) is 11.5 Å². The van der Waals surface area contributed by atoms with Gasteiger partial charge in [-0.1, -0.05) is 11.6 Å². The molecule has 8 heteroatoms. The van der Waals surface area contributed by atoms with Gasteiger partial charge in [-0.05, 0) is 22.6 Å². The Morgan fingerprint density at radius 2 is 2.00 bits per heavy atom. The number of nitrogens with zero attached hydrogens (tertiary/aromatic N) is 2. The van der Waals surface area contributed by atoms with Gasteiger partial charge in [0.25, 0.3) is 0 Å². The van der Waals surface area contributed by atoms with Crippen LogP contribution in [-0.4, -0.2) is 23.3 Å². The first-order valence-electron chi connectivity index (χ1n) is 4.10. The van der Waals surface area contributed by atoms with Gasteiger partial charge in [-0.15, -0.1) is 0 Å². The van der Waals surface area contributed by atoms with Crippen LogP contribution in [0.3, 0.4) is 0 Å². The molecule has 0 bridgehead atoms. The average Bonchev–Trinajstić information content (AvgIpc) is 2.11. The molecule has 0 saturated carbocycles. The van der Waals surface area contributed by atoms with Crippen molar-refractivity contribution < 1.29 is 17.9 Å². The van der Waals surface area contributed by atoms with E-state index < -0.39 is 12.6 Å². The number of rotatable bonds is 3. The van der Waals surface area contributed by atoms with Crippen molar-refractivity contribution in [2.45, 2.75) is 19.2 Å². The summed E-state index contributed by atoms with van der Waals surface area (Å²) in [6.07, 6.45) is -5.54. The predicted octanol–water partition coefficient (Wildman–Crippen LogP) is 2.99. The second-order valence-corrected chi connectivity index (χ2v) is 4.35. The van der Waals surface area contributed by atoms with Gasteiger partial charge in [0.05, 0.1) is 15.9 Å². The molecule has 90 valence electrons. The first kappa shape index (κ1) is 13.9. The summed E-state index contributed by atoms with van der Waals surface area (Å²) in [5.74, 6) is -0.343. The van der Waals surface area contributed by atoms with E-state index in [1.165, 1.54) is 7.11 Å². The van der Waals surface area contributed by atoms with E-state index in [0.29, 0.717) is 9.26 Å². The minimum Gasteiger partial charge on any atom is -0.378 e. The molecular weight excluding hydrogens is 359 g/mol. The number of ether oxygens (including phenoxy) is 1. The van der Waals surface area contributed by atoms with Crippen molar-refractivity contribution in [3.63, 3.8) is 0 Å². The summed E-state index contributed by atoms with van der Waals surface area (Å²) < 4.78 is 41.7. The Bertz CT molecular complexity index is 386. The third kappa shape index (κ3) is 4.02. The summed E-state index contributed by atoms with van der Waals surface area (Å²) in [6.45, 7) is 0.103. The molecule has 0 unspecified atom stereocenters. The van der Waals surface area contributed by atoms with E-state index in [1.807, 2.05) is 22.6 Å². The van der Waals surface area contributed by atoms with Gasteiger partial charge in [-0.3, -0.25) is 0 Å². The van der Waals surface area contributed by atoms with E-state index in [9.17, 15) is 13.2 Å². The summed E-state index contributed by atoms with van der Waals surface area (Å²) in [6, 6.07) is 0. The molecule has 0 aliphatic heterocycles. The van der Waals surface area contributed by atoms with Crippen LogP contribution in [0.2, 0.25) is 5.15 Å². The molecule has 0 spiro atoms. The van der Waals surface area contributed by atoms with E-state index >= 15 is 0 Å². The third-order valence-electron chi connectivity index (χ3n) is 1.57. The number of hydrogen-bond donors (Lipinski definition) is 0. The lowest BCUT2D eigenvalue weighted by Crippen LogP contribution is -2.16. The highest BCUT2D eigenvalue weighted by Gasteiger charge is 2.30. The SMILES string of the molecule is COCc1nc(CC(F)(F)F)nc(Cl)c1I. The van der Waals surface area contributed by atoms with Crippen molar-refractivity contribution in [1.29, 1.82) is 0 Å². The van der Waals surface area contributed by atoms with Gasteiger partial charge in [0.2, 0.25) is 0 Å². The zero-order chi connectivity index (χ0) is 12.3. The van der Waals surface area contributed by atoms with Crippen LogP contribution in [-0.2, 0) is 17.8 Å². The fourth-order valence-corrected chi connectivity index (χ4v) is 1.61. The summed E-state index contributed by atoms with van der Waals surface area (Å²) >= 11 is 7.57. The molecule has 16 heavy (non-hydrogen) atoms. The average molecular weight is 367 g/mol. The standard InChI is InChI=1S/C8H7ClF3IN2O/c1-16-3-4-6(13)7(9)15-5(14-4)2-8(10,11)12/h2-3H2,1H3. The second kappa shape index (κ2) is 5.46. The maximum atomic E-state index is 12.1. The van der Waals surface area contributed by atoms with Crippen LogP contribution in [0.25, 0.3) is 0 Å². The maximum Gasteiger partial charge on any atom is 0.396 e. The maximum absolute atomic E-state index is 12.1. The lowest BCUT2D eigenvalue weighted by Gasteiger charge is -2.09. The molecule has 3 nitrogen and oxygen atoms in total. The minimum atomic E-state index is -4.35. The minimum absolute atomic E-state index is 0.0156. The van der Waals surface area contributed by atoms with Crippen LogP contribution < -0.4 is 0 Å². The Morgan fingerprint density at radius 1 is 1.38 bits per heavy atom. The van der Waals surface area contributed by atoms with E-state index in [1.54, 1.807) is 0 Å². The van der Waals surface area contributed by atoms with Gasteiger partial charge in [0, 0.05) is 7.11 Å². The second-order valence-electron chi connectivity index (χ2n) is 2.92. The van der Waals surface area contributed by atoms with Crippen molar-refractivity contribution in [1.82, 2.24) is 9.97 Å². The molecule has 1 aromatic heterocycles. The molecule has 0 amide bonds. The fraction of sp³-hybridized carbons (Fsp3) is 0.500. The number of alkyl halides is 3. The summed E-state index contributed by atoms with van der Waals surface area (Å²) in [5, 5.41) is 0.0156. The van der Waals surface area contributed by atoms with Gasteiger partial charge in [0.1, 0.15) is 17.4 Å². The highest BCUT2D eigenvalue weighted by Crippen LogP contribution is 2.24. The molecule has 0 aliphatic rings. The van der Waals surface area contributed by atoms with Crippen LogP contribution in [0.15, 0.2) is 0 Å². The monoisotopic (exact) mass is 366 g/mol. The fourth-order valence-electron chi connectivity index (χ4n) is 1.00. The highest BCUT2D eigenvalue weighted by molar-refractivity contribution is 14.1. The zero-order valence-corrected chi connectivity index (χ0v) is 11.0. The molecule has 1 heterocycles. The van der Waals surface area contributed by atoms with Gasteiger partial charge in [-0.2, -0.15) is 13.2 Å². The lowest BCUT2D eigenvalue weighted by atomic mass is 10.3. The number of aromatic nitrogens is 2. The van der Waals surface area contributed by atoms with Crippen LogP contribution >= 0.6 is 34.2 Å². The number of hydrogen-bond acceptors (Lipinski definition) is 3. The lowest BCUT2D eigenvalue weighted by molar-refractivity contribution is -0.128. The highest BCUT2D eigenvalue weighted by atomic mass is 127. The largest absolute Gasteiger partial charge is 0.396 e. The quantitative estimate of drug-likeness (QED) is 0.609. The van der Waals surface area contributed by atoms with E-state index in [0.717, 1.165) is 0 Å². The molecule has 0 aliphatic carbocycles. The van der Waals surface area contributed by atoms with Gasteiger partial charge in [-0.25, -0.2) is 9.97 Å². The van der Waals surface area contributed by atoms with Crippen molar-refractivity contribution in [3.8, 4) is 0 Å². The number of methoxy groups -OCH3 is 1. The third-order valence-corrected chi connectivity index (χ3v) is 3.29. The normalized spacial score (nSPS) is 11.9. The Hall–Kier alpha value is -0.150. The predicted molar refractivity (Wildman–Crippen MR) is 60.2 cm³/mol. The smallest absolute Gasteiger partial charge is 0.378 e. The topological polar surface area (TPSA) is 35.0 Å². The Kier molecular flexibility index (Phi) is 4.74. The molecular formula is C8H7ClF3IN2O. The van der Waals surface area contributed by atoms with Crippen LogP contribution in [0.5, 0.6) is 0 Å². The van der Waals surface area contributed by atoms with Crippen molar-refractivity contribution in [3.05, 3.63) is 20.2 Å². The Labute approximate surface area is 109 Å². The zero-order valence-electron chi connectivity index (χ0n) is 8.11. The summed E-state index contributed by atoms with van der Waals surface area (Å²) in [4.78, 5) is 7.33. The molecule has 0 atom stereocenters. The molecule has 0 fully saturated rings. The molecule has 0 radical (unpaired) electrons. The van der Waals surface area contributed by atoms with Crippen molar-refractivity contribution in [2.75, 3.05) is 7.11 Å². The molecule has 0 N–H and O–H groups in total. The Morgan fingerprint density at radius 3 is 2.50 bits per heavy atom. The number of halogens is 5. The van der Waals surface area contributed by atoms with Crippen molar-refractivity contribution in [2.24, 2.45) is 0 Å². The molecule has 1 rings (SSSR count). The van der Waals surface area contributed by atoms with E-state index in [2.05, 4.69) is 9.97 Å². The van der Waals surface area contributed by atoms with Crippen LogP contribution in [0, 0.1) is 3.57 Å². The summed E-state index contributed by atoms with van der Waals surface area (Å²) in [5.41, 5.74) is 0.363. The van der Waals surface area contributed by atoms with Gasteiger partial charge >= 0.3 is 6.18 Å². The van der Waals surface area contributed by atoms with Gasteiger partial charge in [0.15, 0.2) is 0 Å². The van der Waals surface area contributed by atoms with Crippen LogP contribution in [0.4, 0.5) is 13.2 Å². The molecule has 0 aromatic carbocycles. The molecule has 1 aromatic rings. The van der Waals surface area contributed by atoms with E-state index in [-0.39, 0.29) is 17.6 Å². The Balaban J connectivity index is 3.04. The summed E-state index contributed by atoms with van der Waals surface area (Å²) in [7, 11) is 1.43. The first-order chi connectivity index (χ1) is 7.33. The van der Waals surface area contributed by atoms with Crippen molar-refractivity contribution >= 4 is 34.2 Å². The molecule has 0 saturated heterocycles. The van der Waals surface area contributed by atoms with E-state index in [4.69, 9.17) is 16.3 Å². The van der Waals surface area contributed by atoms with Gasteiger partial charge < -0.3 is 4.74 Å². The first-order valence-corrected chi connectivity index (χ1v) is 5.55.